The van der Waals surface area contributed by atoms with Crippen LogP contribution < -0.4 is 10.6 Å². The average molecular weight is 395 g/mol. The quantitative estimate of drug-likeness (QED) is 0.508. The Hall–Kier alpha value is -4.08. The van der Waals surface area contributed by atoms with Crippen molar-refractivity contribution in [1.82, 2.24) is 9.78 Å². The number of carbonyl (C=O) groups excluding carboxylic acids is 2. The lowest BCUT2D eigenvalue weighted by molar-refractivity contribution is -0.384. The van der Waals surface area contributed by atoms with Crippen LogP contribution in [0.5, 0.6) is 0 Å². The predicted octanol–water partition coefficient (Wildman–Crippen LogP) is 3.12. The van der Waals surface area contributed by atoms with Crippen LogP contribution in [0.2, 0.25) is 0 Å². The topological polar surface area (TPSA) is 119 Å². The molecule has 2 aromatic carbocycles. The number of non-ortho nitro benzene ring substituents is 1. The molecule has 0 radical (unpaired) electrons. The zero-order valence-corrected chi connectivity index (χ0v) is 14.8. The van der Waals surface area contributed by atoms with Gasteiger partial charge in [-0.15, -0.1) is 0 Å². The number of carbonyl (C=O) groups is 2. The number of benzene rings is 2. The maximum absolute atomic E-state index is 13.1. The van der Waals surface area contributed by atoms with Crippen LogP contribution in [-0.2, 0) is 9.59 Å². The third-order valence-electron chi connectivity index (χ3n) is 4.51. The normalized spacial score (nSPS) is 14.9. The number of hydrogen-bond acceptors (Lipinski definition) is 5. The molecule has 0 spiro atoms. The summed E-state index contributed by atoms with van der Waals surface area (Å²) in [6.07, 6.45) is 1.33. The molecule has 10 heteroatoms. The third-order valence-corrected chi connectivity index (χ3v) is 4.51. The van der Waals surface area contributed by atoms with Crippen LogP contribution in [0.3, 0.4) is 0 Å². The number of hydrogen-bond donors (Lipinski definition) is 2. The first-order valence-corrected chi connectivity index (χ1v) is 8.61. The number of fused-ring (bicyclic) bond motifs is 1. The lowest BCUT2D eigenvalue weighted by Crippen LogP contribution is -2.23. The molecule has 0 bridgehead atoms. The Bertz CT molecular complexity index is 1130. The molecule has 1 aliphatic heterocycles. The van der Waals surface area contributed by atoms with Crippen LogP contribution in [0.1, 0.15) is 12.5 Å². The fourth-order valence-electron chi connectivity index (χ4n) is 3.14. The van der Waals surface area contributed by atoms with E-state index in [1.54, 1.807) is 12.1 Å². The number of rotatable bonds is 5. The number of nitrogens with zero attached hydrogens (tertiary/aromatic N) is 3. The van der Waals surface area contributed by atoms with E-state index in [-0.39, 0.29) is 23.6 Å². The zero-order chi connectivity index (χ0) is 20.5. The molecule has 146 valence electrons. The maximum Gasteiger partial charge on any atom is 0.271 e. The highest BCUT2D eigenvalue weighted by Gasteiger charge is 2.35. The van der Waals surface area contributed by atoms with E-state index in [9.17, 15) is 24.1 Å². The summed E-state index contributed by atoms with van der Waals surface area (Å²) in [5, 5.41) is 20.3. The average Bonchev–Trinajstić information content (AvgIpc) is 3.22. The number of aromatic nitrogens is 2. The SMILES string of the molecule is O=C(CC1C(=O)Nc2c(-c3ccc(F)cc3)cnn21)Nc1cccc([N+](=O)[O-])c1. The summed E-state index contributed by atoms with van der Waals surface area (Å²) in [5.74, 6) is -0.838. The summed E-state index contributed by atoms with van der Waals surface area (Å²) >= 11 is 0. The van der Waals surface area contributed by atoms with Gasteiger partial charge in [-0.05, 0) is 23.8 Å². The standard InChI is InChI=1S/C19H14FN5O4/c20-12-6-4-11(5-7-12)15-10-21-24-16(19(27)23-18(15)24)9-17(26)22-13-2-1-3-14(8-13)25(28)29/h1-8,10,16H,9H2,(H,22,26)(H,23,27). The first-order valence-electron chi connectivity index (χ1n) is 8.61. The molecule has 9 nitrogen and oxygen atoms in total. The fourth-order valence-corrected chi connectivity index (χ4v) is 3.14. The maximum atomic E-state index is 13.1. The Morgan fingerprint density at radius 3 is 2.76 bits per heavy atom. The minimum Gasteiger partial charge on any atom is -0.326 e. The molecule has 1 unspecified atom stereocenters. The van der Waals surface area contributed by atoms with Crippen molar-refractivity contribution in [2.24, 2.45) is 0 Å². The first kappa shape index (κ1) is 18.3. The van der Waals surface area contributed by atoms with Crippen molar-refractivity contribution >= 4 is 29.0 Å². The Morgan fingerprint density at radius 2 is 2.03 bits per heavy atom. The lowest BCUT2D eigenvalue weighted by Gasteiger charge is -2.09. The van der Waals surface area contributed by atoms with E-state index in [1.165, 1.54) is 47.3 Å². The Labute approximate surface area is 163 Å². The summed E-state index contributed by atoms with van der Waals surface area (Å²) in [6, 6.07) is 10.4. The van der Waals surface area contributed by atoms with E-state index >= 15 is 0 Å². The summed E-state index contributed by atoms with van der Waals surface area (Å²) in [7, 11) is 0. The van der Waals surface area contributed by atoms with Crippen molar-refractivity contribution in [1.29, 1.82) is 0 Å². The molecule has 2 heterocycles. The fraction of sp³-hybridized carbons (Fsp3) is 0.105. The molecule has 0 aliphatic carbocycles. The molecule has 2 N–H and O–H groups in total. The van der Waals surface area contributed by atoms with Crippen molar-refractivity contribution in [3.63, 3.8) is 0 Å². The summed E-state index contributed by atoms with van der Waals surface area (Å²) < 4.78 is 14.6. The third kappa shape index (κ3) is 3.55. The van der Waals surface area contributed by atoms with Gasteiger partial charge in [-0.25, -0.2) is 9.07 Å². The molecule has 0 saturated carbocycles. The smallest absolute Gasteiger partial charge is 0.271 e. The molecule has 3 aromatic rings. The Kier molecular flexibility index (Phi) is 4.51. The van der Waals surface area contributed by atoms with Crippen LogP contribution >= 0.6 is 0 Å². The molecule has 0 saturated heterocycles. The Morgan fingerprint density at radius 1 is 1.28 bits per heavy atom. The van der Waals surface area contributed by atoms with Gasteiger partial charge in [0, 0.05) is 23.4 Å². The number of nitro groups is 1. The van der Waals surface area contributed by atoms with Crippen LogP contribution in [0.15, 0.2) is 54.7 Å². The molecular formula is C19H14FN5O4. The van der Waals surface area contributed by atoms with Gasteiger partial charge < -0.3 is 10.6 Å². The van der Waals surface area contributed by atoms with Gasteiger partial charge in [-0.2, -0.15) is 5.10 Å². The van der Waals surface area contributed by atoms with Crippen LogP contribution in [0.25, 0.3) is 11.1 Å². The predicted molar refractivity (Wildman–Crippen MR) is 102 cm³/mol. The lowest BCUT2D eigenvalue weighted by atomic mass is 10.1. The minimum absolute atomic E-state index is 0.153. The van der Waals surface area contributed by atoms with Crippen LogP contribution in [-0.4, -0.2) is 26.5 Å². The van der Waals surface area contributed by atoms with Crippen molar-refractivity contribution in [2.45, 2.75) is 12.5 Å². The van der Waals surface area contributed by atoms with Gasteiger partial charge >= 0.3 is 0 Å². The molecule has 1 aromatic heterocycles. The van der Waals surface area contributed by atoms with Crippen molar-refractivity contribution in [2.75, 3.05) is 10.6 Å². The second-order valence-corrected chi connectivity index (χ2v) is 6.42. The monoisotopic (exact) mass is 395 g/mol. The van der Waals surface area contributed by atoms with E-state index in [2.05, 4.69) is 15.7 Å². The van der Waals surface area contributed by atoms with Gasteiger partial charge in [0.25, 0.3) is 11.6 Å². The highest BCUT2D eigenvalue weighted by molar-refractivity contribution is 6.04. The van der Waals surface area contributed by atoms with Crippen molar-refractivity contribution in [3.8, 4) is 11.1 Å². The molecule has 29 heavy (non-hydrogen) atoms. The zero-order valence-electron chi connectivity index (χ0n) is 14.8. The molecular weight excluding hydrogens is 381 g/mol. The van der Waals surface area contributed by atoms with Crippen LogP contribution in [0.4, 0.5) is 21.6 Å². The van der Waals surface area contributed by atoms with E-state index in [4.69, 9.17) is 0 Å². The second kappa shape index (κ2) is 7.15. The highest BCUT2D eigenvalue weighted by Crippen LogP contribution is 2.35. The number of halogens is 1. The van der Waals surface area contributed by atoms with Gasteiger partial charge in [0.1, 0.15) is 17.7 Å². The van der Waals surface area contributed by atoms with E-state index in [0.29, 0.717) is 16.9 Å². The number of amides is 2. The number of anilines is 2. The summed E-state index contributed by atoms with van der Waals surface area (Å²) in [5.41, 5.74) is 1.39. The highest BCUT2D eigenvalue weighted by atomic mass is 19.1. The number of nitro benzene ring substituents is 1. The van der Waals surface area contributed by atoms with Gasteiger partial charge in [-0.1, -0.05) is 18.2 Å². The van der Waals surface area contributed by atoms with Gasteiger partial charge in [-0.3, -0.25) is 19.7 Å². The molecule has 1 atom stereocenters. The van der Waals surface area contributed by atoms with Crippen LogP contribution in [0, 0.1) is 15.9 Å². The minimum atomic E-state index is -0.863. The van der Waals surface area contributed by atoms with Crippen molar-refractivity contribution in [3.05, 3.63) is 70.7 Å². The molecule has 1 aliphatic rings. The van der Waals surface area contributed by atoms with Crippen molar-refractivity contribution < 1.29 is 18.9 Å². The van der Waals surface area contributed by atoms with Gasteiger partial charge in [0.15, 0.2) is 0 Å². The largest absolute Gasteiger partial charge is 0.326 e. The summed E-state index contributed by atoms with van der Waals surface area (Å²) in [4.78, 5) is 35.0. The Balaban J connectivity index is 1.52. The van der Waals surface area contributed by atoms with E-state index in [1.807, 2.05) is 0 Å². The second-order valence-electron chi connectivity index (χ2n) is 6.42. The van der Waals surface area contributed by atoms with Gasteiger partial charge in [0.2, 0.25) is 5.91 Å². The number of nitrogens with one attached hydrogen (secondary N) is 2. The summed E-state index contributed by atoms with van der Waals surface area (Å²) in [6.45, 7) is 0. The first-order chi connectivity index (χ1) is 13.9. The van der Waals surface area contributed by atoms with E-state index < -0.39 is 22.8 Å². The van der Waals surface area contributed by atoms with E-state index in [0.717, 1.165) is 0 Å². The molecule has 4 rings (SSSR count). The molecule has 2 amide bonds. The van der Waals surface area contributed by atoms with Gasteiger partial charge in [0.05, 0.1) is 17.5 Å². The molecule has 0 fully saturated rings.